The molecule has 1 aliphatic heterocycles. The van der Waals surface area contributed by atoms with Crippen LogP contribution in [-0.4, -0.2) is 18.5 Å². The number of rotatable bonds is 5. The Morgan fingerprint density at radius 2 is 2.38 bits per heavy atom. The fourth-order valence-electron chi connectivity index (χ4n) is 1.76. The van der Waals surface area contributed by atoms with E-state index < -0.39 is 0 Å². The summed E-state index contributed by atoms with van der Waals surface area (Å²) in [6, 6.07) is 0. The highest BCUT2D eigenvalue weighted by atomic mass is 16.5. The number of aldehydes is 1. The summed E-state index contributed by atoms with van der Waals surface area (Å²) in [5.74, 6) is 0. The lowest BCUT2D eigenvalue weighted by molar-refractivity contribution is -0.108. The monoisotopic (exact) mass is 182 g/mol. The minimum Gasteiger partial charge on any atom is -0.370 e. The number of hydrogen-bond acceptors (Lipinski definition) is 2. The Morgan fingerprint density at radius 3 is 3.00 bits per heavy atom. The van der Waals surface area contributed by atoms with Crippen LogP contribution in [0.3, 0.4) is 0 Å². The fourth-order valence-corrected chi connectivity index (χ4v) is 1.76. The Hall–Kier alpha value is -0.630. The molecule has 13 heavy (non-hydrogen) atoms. The Kier molecular flexibility index (Phi) is 4.16. The van der Waals surface area contributed by atoms with E-state index in [2.05, 4.69) is 13.5 Å². The van der Waals surface area contributed by atoms with Crippen molar-refractivity contribution in [2.24, 2.45) is 0 Å². The number of ether oxygens (including phenoxy) is 1. The van der Waals surface area contributed by atoms with Crippen molar-refractivity contribution in [3.8, 4) is 0 Å². The predicted molar refractivity (Wildman–Crippen MR) is 52.6 cm³/mol. The second kappa shape index (κ2) is 5.18. The zero-order valence-electron chi connectivity index (χ0n) is 8.29. The van der Waals surface area contributed by atoms with Crippen LogP contribution in [0.2, 0.25) is 0 Å². The van der Waals surface area contributed by atoms with Crippen LogP contribution < -0.4 is 0 Å². The smallest absolute Gasteiger partial charge is 0.120 e. The first-order chi connectivity index (χ1) is 6.27. The largest absolute Gasteiger partial charge is 0.370 e. The molecule has 2 atom stereocenters. The predicted octanol–water partition coefficient (Wildman–Crippen LogP) is 2.48. The van der Waals surface area contributed by atoms with E-state index in [-0.39, 0.29) is 12.2 Å². The highest BCUT2D eigenvalue weighted by Gasteiger charge is 2.27. The van der Waals surface area contributed by atoms with E-state index in [1.54, 1.807) is 0 Å². The molecule has 0 aliphatic carbocycles. The molecule has 0 bridgehead atoms. The van der Waals surface area contributed by atoms with Crippen LogP contribution in [0.25, 0.3) is 0 Å². The molecule has 0 spiro atoms. The van der Waals surface area contributed by atoms with Gasteiger partial charge in [0.2, 0.25) is 0 Å². The standard InChI is InChI=1S/C11H18O2/c1-3-5-11-9(2)8-10(13-11)6-4-7-12/h7,10-11H,2-6,8H2,1H3/t10-,11-/m0/s1. The van der Waals surface area contributed by atoms with Gasteiger partial charge in [-0.1, -0.05) is 19.9 Å². The minimum atomic E-state index is 0.245. The van der Waals surface area contributed by atoms with Crippen LogP contribution in [0, 0.1) is 0 Å². The van der Waals surface area contributed by atoms with Gasteiger partial charge >= 0.3 is 0 Å². The first-order valence-electron chi connectivity index (χ1n) is 5.04. The first kappa shape index (κ1) is 10.5. The average molecular weight is 182 g/mol. The van der Waals surface area contributed by atoms with Gasteiger partial charge in [0.15, 0.2) is 0 Å². The van der Waals surface area contributed by atoms with Crippen molar-refractivity contribution in [1.82, 2.24) is 0 Å². The lowest BCUT2D eigenvalue weighted by atomic mass is 10.0. The van der Waals surface area contributed by atoms with Crippen molar-refractivity contribution in [2.45, 2.75) is 51.2 Å². The zero-order valence-corrected chi connectivity index (χ0v) is 8.29. The highest BCUT2D eigenvalue weighted by Crippen LogP contribution is 2.29. The molecule has 1 rings (SSSR count). The molecule has 2 heteroatoms. The van der Waals surface area contributed by atoms with Crippen LogP contribution in [-0.2, 0) is 9.53 Å². The van der Waals surface area contributed by atoms with Gasteiger partial charge in [-0.15, -0.1) is 0 Å². The van der Waals surface area contributed by atoms with E-state index in [9.17, 15) is 4.79 Å². The summed E-state index contributed by atoms with van der Waals surface area (Å²) in [4.78, 5) is 10.2. The van der Waals surface area contributed by atoms with Crippen LogP contribution in [0.1, 0.15) is 39.0 Å². The van der Waals surface area contributed by atoms with Gasteiger partial charge in [0.1, 0.15) is 6.29 Å². The van der Waals surface area contributed by atoms with Gasteiger partial charge in [0, 0.05) is 6.42 Å². The van der Waals surface area contributed by atoms with E-state index in [1.165, 1.54) is 5.57 Å². The molecule has 0 aromatic heterocycles. The Bertz CT molecular complexity index is 187. The molecule has 1 saturated heterocycles. The van der Waals surface area contributed by atoms with Gasteiger partial charge < -0.3 is 9.53 Å². The molecule has 0 N–H and O–H groups in total. The summed E-state index contributed by atoms with van der Waals surface area (Å²) in [7, 11) is 0. The molecular weight excluding hydrogens is 164 g/mol. The highest BCUT2D eigenvalue weighted by molar-refractivity contribution is 5.49. The molecule has 2 nitrogen and oxygen atoms in total. The van der Waals surface area contributed by atoms with Crippen molar-refractivity contribution in [3.05, 3.63) is 12.2 Å². The minimum absolute atomic E-state index is 0.245. The molecule has 0 unspecified atom stereocenters. The maximum atomic E-state index is 10.2. The quantitative estimate of drug-likeness (QED) is 0.482. The van der Waals surface area contributed by atoms with Gasteiger partial charge in [0.05, 0.1) is 12.2 Å². The summed E-state index contributed by atoms with van der Waals surface area (Å²) < 4.78 is 5.76. The van der Waals surface area contributed by atoms with Gasteiger partial charge in [-0.05, 0) is 24.8 Å². The van der Waals surface area contributed by atoms with Crippen LogP contribution in [0.4, 0.5) is 0 Å². The Labute approximate surface area is 80.0 Å². The summed E-state index contributed by atoms with van der Waals surface area (Å²) in [6.07, 6.45) is 6.05. The second-order valence-electron chi connectivity index (χ2n) is 3.64. The third-order valence-electron chi connectivity index (χ3n) is 2.46. The van der Waals surface area contributed by atoms with Crippen LogP contribution >= 0.6 is 0 Å². The number of hydrogen-bond donors (Lipinski definition) is 0. The van der Waals surface area contributed by atoms with E-state index >= 15 is 0 Å². The normalized spacial score (nSPS) is 27.9. The third-order valence-corrected chi connectivity index (χ3v) is 2.46. The Morgan fingerprint density at radius 1 is 1.62 bits per heavy atom. The van der Waals surface area contributed by atoms with Gasteiger partial charge in [-0.25, -0.2) is 0 Å². The van der Waals surface area contributed by atoms with Crippen molar-refractivity contribution >= 4 is 6.29 Å². The molecule has 0 saturated carbocycles. The third kappa shape index (κ3) is 2.96. The summed E-state index contributed by atoms with van der Waals surface area (Å²) in [6.45, 7) is 6.15. The van der Waals surface area contributed by atoms with Gasteiger partial charge in [0.25, 0.3) is 0 Å². The maximum Gasteiger partial charge on any atom is 0.120 e. The van der Waals surface area contributed by atoms with E-state index in [0.717, 1.165) is 32.0 Å². The van der Waals surface area contributed by atoms with Crippen molar-refractivity contribution < 1.29 is 9.53 Å². The summed E-state index contributed by atoms with van der Waals surface area (Å²) >= 11 is 0. The van der Waals surface area contributed by atoms with E-state index in [0.29, 0.717) is 6.42 Å². The van der Waals surface area contributed by atoms with Crippen LogP contribution in [0.5, 0.6) is 0 Å². The molecule has 0 radical (unpaired) electrons. The van der Waals surface area contributed by atoms with Gasteiger partial charge in [-0.3, -0.25) is 0 Å². The number of carbonyl (C=O) groups excluding carboxylic acids is 1. The topological polar surface area (TPSA) is 26.3 Å². The zero-order chi connectivity index (χ0) is 9.68. The SMILES string of the molecule is C=C1C[C@H](CCC=O)O[C@H]1CCC. The van der Waals surface area contributed by atoms with Crippen LogP contribution in [0.15, 0.2) is 12.2 Å². The van der Waals surface area contributed by atoms with Gasteiger partial charge in [-0.2, -0.15) is 0 Å². The molecule has 0 aromatic carbocycles. The molecule has 1 aliphatic rings. The fraction of sp³-hybridized carbons (Fsp3) is 0.727. The maximum absolute atomic E-state index is 10.2. The first-order valence-corrected chi connectivity index (χ1v) is 5.04. The van der Waals surface area contributed by atoms with E-state index in [1.807, 2.05) is 0 Å². The lowest BCUT2D eigenvalue weighted by Gasteiger charge is -2.11. The lowest BCUT2D eigenvalue weighted by Crippen LogP contribution is -2.11. The summed E-state index contributed by atoms with van der Waals surface area (Å²) in [5, 5.41) is 0. The molecule has 74 valence electrons. The molecular formula is C11H18O2. The molecule has 0 aromatic rings. The summed E-state index contributed by atoms with van der Waals surface area (Å²) in [5.41, 5.74) is 1.21. The van der Waals surface area contributed by atoms with Crippen molar-refractivity contribution in [1.29, 1.82) is 0 Å². The second-order valence-corrected chi connectivity index (χ2v) is 3.64. The molecule has 0 amide bonds. The van der Waals surface area contributed by atoms with Crippen molar-refractivity contribution in [2.75, 3.05) is 0 Å². The average Bonchev–Trinajstić information content (AvgIpc) is 2.45. The van der Waals surface area contributed by atoms with Crippen molar-refractivity contribution in [3.63, 3.8) is 0 Å². The Balaban J connectivity index is 2.31. The molecule has 1 heterocycles. The molecule has 1 fully saturated rings. The number of carbonyl (C=O) groups is 1. The van der Waals surface area contributed by atoms with E-state index in [4.69, 9.17) is 4.74 Å².